The van der Waals surface area contributed by atoms with Crippen LogP contribution in [0.4, 0.5) is 10.6 Å². The summed E-state index contributed by atoms with van der Waals surface area (Å²) in [7, 11) is 2.86. The Kier molecular flexibility index (Phi) is 5.05. The summed E-state index contributed by atoms with van der Waals surface area (Å²) in [5, 5.41) is 10.4. The zero-order valence-electron chi connectivity index (χ0n) is 13.8. The average molecular weight is 368 g/mol. The van der Waals surface area contributed by atoms with E-state index in [0.717, 1.165) is 0 Å². The van der Waals surface area contributed by atoms with Gasteiger partial charge in [0.15, 0.2) is 0 Å². The predicted octanol–water partition coefficient (Wildman–Crippen LogP) is 0.936. The Balaban J connectivity index is 2.01. The smallest absolute Gasteiger partial charge is 0.409 e. The number of hydrogen-bond donors (Lipinski definition) is 1. The number of pyridine rings is 1. The Bertz CT molecular complexity index is 790. The molecule has 9 nitrogen and oxygen atoms in total. The first-order valence-corrected chi connectivity index (χ1v) is 8.02. The van der Waals surface area contributed by atoms with Gasteiger partial charge in [-0.15, -0.1) is 0 Å². The molecule has 3 heterocycles. The van der Waals surface area contributed by atoms with Crippen LogP contribution in [-0.2, 0) is 4.74 Å². The predicted molar refractivity (Wildman–Crippen MR) is 91.1 cm³/mol. The van der Waals surface area contributed by atoms with Crippen molar-refractivity contribution in [3.05, 3.63) is 17.7 Å². The molecule has 0 aromatic carbocycles. The second-order valence-corrected chi connectivity index (χ2v) is 5.84. The van der Waals surface area contributed by atoms with Crippen LogP contribution in [0.1, 0.15) is 0 Å². The molecule has 10 heteroatoms. The number of nitrogens with zero attached hydrogens (tertiary/aromatic N) is 5. The molecule has 134 valence electrons. The highest BCUT2D eigenvalue weighted by Crippen LogP contribution is 2.33. The average Bonchev–Trinajstić information content (AvgIpc) is 2.65. The summed E-state index contributed by atoms with van der Waals surface area (Å²) < 4.78 is 10.2. The van der Waals surface area contributed by atoms with Gasteiger partial charge in [-0.1, -0.05) is 0 Å². The summed E-state index contributed by atoms with van der Waals surface area (Å²) in [4.78, 5) is 27.9. The third kappa shape index (κ3) is 3.24. The molecule has 1 amide bonds. The van der Waals surface area contributed by atoms with Crippen LogP contribution in [0.3, 0.4) is 0 Å². The Morgan fingerprint density at radius 2 is 2.16 bits per heavy atom. The number of piperazine rings is 1. The first-order chi connectivity index (χ1) is 12.1. The normalized spacial score (nSPS) is 17.7. The molecule has 0 bridgehead atoms. The van der Waals surface area contributed by atoms with Crippen LogP contribution in [0.2, 0.25) is 5.28 Å². The zero-order valence-corrected chi connectivity index (χ0v) is 14.6. The number of carbonyl (C=O) groups excluding carboxylic acids is 1. The Hall–Kier alpha value is -2.39. The van der Waals surface area contributed by atoms with E-state index in [4.69, 9.17) is 21.1 Å². The van der Waals surface area contributed by atoms with Gasteiger partial charge in [-0.25, -0.2) is 9.78 Å². The second kappa shape index (κ2) is 7.24. The van der Waals surface area contributed by atoms with Crippen molar-refractivity contribution in [2.24, 2.45) is 0 Å². The number of aromatic nitrogens is 3. The van der Waals surface area contributed by atoms with Gasteiger partial charge in [0.1, 0.15) is 11.6 Å². The molecule has 1 atom stereocenters. The largest absolute Gasteiger partial charge is 0.494 e. The third-order valence-electron chi connectivity index (χ3n) is 4.15. The maximum Gasteiger partial charge on any atom is 0.409 e. The van der Waals surface area contributed by atoms with E-state index in [1.165, 1.54) is 12.0 Å². The standard InChI is InChI=1S/C15H18ClN5O4/c1-24-11-6-17-5-10-12(11)13(19-14(16)18-10)20-3-4-21(15(23)25-2)9(7-20)8-22/h5-6,9,22H,3-4,7-8H2,1-2H3/t9-/m1/s1. The highest BCUT2D eigenvalue weighted by molar-refractivity contribution is 6.29. The van der Waals surface area contributed by atoms with E-state index < -0.39 is 12.1 Å². The van der Waals surface area contributed by atoms with Crippen molar-refractivity contribution in [1.82, 2.24) is 19.9 Å². The van der Waals surface area contributed by atoms with Crippen molar-refractivity contribution in [1.29, 1.82) is 0 Å². The maximum atomic E-state index is 11.8. The van der Waals surface area contributed by atoms with Crippen LogP contribution in [0, 0.1) is 0 Å². The van der Waals surface area contributed by atoms with Gasteiger partial charge in [0.2, 0.25) is 5.28 Å². The molecule has 1 saturated heterocycles. The number of fused-ring (bicyclic) bond motifs is 1. The molecule has 1 fully saturated rings. The van der Waals surface area contributed by atoms with Gasteiger partial charge in [0.25, 0.3) is 0 Å². The molecule has 2 aromatic rings. The lowest BCUT2D eigenvalue weighted by atomic mass is 10.1. The number of hydrogen-bond acceptors (Lipinski definition) is 8. The molecule has 1 aliphatic heterocycles. The van der Waals surface area contributed by atoms with Crippen molar-refractivity contribution >= 4 is 34.4 Å². The Labute approximate surface area is 149 Å². The summed E-state index contributed by atoms with van der Waals surface area (Å²) >= 11 is 6.06. The van der Waals surface area contributed by atoms with Crippen molar-refractivity contribution in [3.8, 4) is 5.75 Å². The lowest BCUT2D eigenvalue weighted by molar-refractivity contribution is 0.0775. The van der Waals surface area contributed by atoms with Crippen LogP contribution >= 0.6 is 11.6 Å². The Morgan fingerprint density at radius 1 is 1.36 bits per heavy atom. The number of carbonyl (C=O) groups is 1. The van der Waals surface area contributed by atoms with E-state index in [2.05, 4.69) is 15.0 Å². The van der Waals surface area contributed by atoms with Gasteiger partial charge in [-0.2, -0.15) is 4.98 Å². The van der Waals surface area contributed by atoms with E-state index in [9.17, 15) is 9.90 Å². The molecular weight excluding hydrogens is 350 g/mol. The minimum absolute atomic E-state index is 0.0912. The van der Waals surface area contributed by atoms with E-state index in [-0.39, 0.29) is 11.9 Å². The highest BCUT2D eigenvalue weighted by Gasteiger charge is 2.32. The van der Waals surface area contributed by atoms with Crippen molar-refractivity contribution in [2.45, 2.75) is 6.04 Å². The van der Waals surface area contributed by atoms with Crippen LogP contribution in [0.5, 0.6) is 5.75 Å². The molecule has 1 N–H and O–H groups in total. The fourth-order valence-electron chi connectivity index (χ4n) is 2.95. The molecule has 0 radical (unpaired) electrons. The quantitative estimate of drug-likeness (QED) is 0.800. The fraction of sp³-hybridized carbons (Fsp3) is 0.467. The van der Waals surface area contributed by atoms with Gasteiger partial charge in [-0.05, 0) is 11.6 Å². The molecule has 0 saturated carbocycles. The van der Waals surface area contributed by atoms with Crippen molar-refractivity contribution in [2.75, 3.05) is 45.4 Å². The molecule has 0 spiro atoms. The maximum absolute atomic E-state index is 11.8. The fourth-order valence-corrected chi connectivity index (χ4v) is 3.12. The topological polar surface area (TPSA) is 101 Å². The molecular formula is C15H18ClN5O4. The van der Waals surface area contributed by atoms with Crippen molar-refractivity contribution < 1.29 is 19.4 Å². The van der Waals surface area contributed by atoms with Crippen LogP contribution in [0.15, 0.2) is 12.4 Å². The summed E-state index contributed by atoms with van der Waals surface area (Å²) in [6.45, 7) is 1.06. The number of aliphatic hydroxyl groups is 1. The van der Waals surface area contributed by atoms with Gasteiger partial charge in [0.05, 0.1) is 50.2 Å². The zero-order chi connectivity index (χ0) is 18.0. The van der Waals surface area contributed by atoms with E-state index in [0.29, 0.717) is 42.1 Å². The monoisotopic (exact) mass is 367 g/mol. The van der Waals surface area contributed by atoms with Gasteiger partial charge < -0.3 is 19.5 Å². The van der Waals surface area contributed by atoms with Crippen LogP contribution in [0.25, 0.3) is 10.9 Å². The number of rotatable bonds is 3. The number of methoxy groups -OCH3 is 2. The minimum Gasteiger partial charge on any atom is -0.494 e. The highest BCUT2D eigenvalue weighted by atomic mass is 35.5. The first-order valence-electron chi connectivity index (χ1n) is 7.64. The van der Waals surface area contributed by atoms with E-state index in [1.807, 2.05) is 4.90 Å². The number of amides is 1. The van der Waals surface area contributed by atoms with Crippen LogP contribution < -0.4 is 9.64 Å². The van der Waals surface area contributed by atoms with E-state index in [1.54, 1.807) is 19.5 Å². The molecule has 2 aromatic heterocycles. The molecule has 25 heavy (non-hydrogen) atoms. The second-order valence-electron chi connectivity index (χ2n) is 5.50. The van der Waals surface area contributed by atoms with E-state index >= 15 is 0 Å². The molecule has 0 aliphatic carbocycles. The van der Waals surface area contributed by atoms with Gasteiger partial charge in [0, 0.05) is 19.6 Å². The number of halogens is 1. The summed E-state index contributed by atoms with van der Waals surface area (Å²) in [5.74, 6) is 1.11. The van der Waals surface area contributed by atoms with Gasteiger partial charge in [-0.3, -0.25) is 9.88 Å². The number of ether oxygens (including phenoxy) is 2. The van der Waals surface area contributed by atoms with Gasteiger partial charge >= 0.3 is 6.09 Å². The van der Waals surface area contributed by atoms with Crippen LogP contribution in [-0.4, -0.2) is 77.6 Å². The summed E-state index contributed by atoms with van der Waals surface area (Å²) in [5.41, 5.74) is 0.560. The SMILES string of the molecule is COC(=O)N1CCN(c2nc(Cl)nc3cncc(OC)c23)C[C@@H]1CO. The number of anilines is 1. The minimum atomic E-state index is -0.467. The summed E-state index contributed by atoms with van der Waals surface area (Å²) in [6.07, 6.45) is 2.70. The molecule has 1 aliphatic rings. The molecule has 0 unspecified atom stereocenters. The third-order valence-corrected chi connectivity index (χ3v) is 4.32. The van der Waals surface area contributed by atoms with Crippen molar-refractivity contribution in [3.63, 3.8) is 0 Å². The molecule has 3 rings (SSSR count). The Morgan fingerprint density at radius 3 is 2.84 bits per heavy atom. The number of aliphatic hydroxyl groups excluding tert-OH is 1. The lowest BCUT2D eigenvalue weighted by Crippen LogP contribution is -2.57. The first kappa shape index (κ1) is 17.4. The lowest BCUT2D eigenvalue weighted by Gasteiger charge is -2.40. The summed E-state index contributed by atoms with van der Waals surface area (Å²) in [6, 6.07) is -0.419.